The van der Waals surface area contributed by atoms with Crippen molar-refractivity contribution in [2.24, 2.45) is 0 Å². The third kappa shape index (κ3) is 4.21. The molecule has 0 aliphatic rings. The molecule has 0 radical (unpaired) electrons. The summed E-state index contributed by atoms with van der Waals surface area (Å²) >= 11 is 0. The fourth-order valence-corrected chi connectivity index (χ4v) is 2.08. The van der Waals surface area contributed by atoms with Crippen LogP contribution in [0.1, 0.15) is 25.6 Å². The summed E-state index contributed by atoms with van der Waals surface area (Å²) in [6.45, 7) is 3.76. The molecule has 2 aromatic rings. The number of likely N-dealkylation sites (N-methyl/N-ethyl adjacent to an activating group) is 1. The number of amides is 1. The van der Waals surface area contributed by atoms with Crippen LogP contribution in [0.5, 0.6) is 5.75 Å². The normalized spacial score (nSPS) is 13.4. The lowest BCUT2D eigenvalue weighted by molar-refractivity contribution is -0.136. The van der Waals surface area contributed by atoms with Crippen LogP contribution in [0.4, 0.5) is 8.78 Å². The van der Waals surface area contributed by atoms with Crippen molar-refractivity contribution >= 4 is 5.91 Å². The van der Waals surface area contributed by atoms with E-state index in [1.807, 2.05) is 6.92 Å². The van der Waals surface area contributed by atoms with Crippen LogP contribution in [0.25, 0.3) is 0 Å². The van der Waals surface area contributed by atoms with E-state index in [1.165, 1.54) is 11.0 Å². The van der Waals surface area contributed by atoms with E-state index < -0.39 is 17.7 Å². The lowest BCUT2D eigenvalue weighted by Gasteiger charge is -2.24. The van der Waals surface area contributed by atoms with Gasteiger partial charge in [-0.25, -0.2) is 8.78 Å². The number of hydrogen-bond acceptors (Lipinski definition) is 5. The maximum atomic E-state index is 13.1. The molecular formula is C14H17F2N5O2. The van der Waals surface area contributed by atoms with Crippen LogP contribution >= 0.6 is 0 Å². The van der Waals surface area contributed by atoms with Crippen molar-refractivity contribution in [1.29, 1.82) is 0 Å². The quantitative estimate of drug-likeness (QED) is 0.870. The van der Waals surface area contributed by atoms with Crippen molar-refractivity contribution < 1.29 is 18.3 Å². The first kappa shape index (κ1) is 16.8. The summed E-state index contributed by atoms with van der Waals surface area (Å²) < 4.78 is 31.4. The van der Waals surface area contributed by atoms with E-state index in [0.29, 0.717) is 12.4 Å². The summed E-state index contributed by atoms with van der Waals surface area (Å²) in [6, 6.07) is 3.12. The van der Waals surface area contributed by atoms with Crippen molar-refractivity contribution in [3.05, 3.63) is 35.7 Å². The standard InChI is InChI=1S/C14H17F2N5O2/c1-8(13-17-19-20-18-13)7-21(3)14(22)9(2)23-10-4-5-11(15)12(16)6-10/h4-6,8-9H,7H2,1-3H3,(H,17,18,19,20)/t8-,9-/m0/s1. The molecule has 23 heavy (non-hydrogen) atoms. The van der Waals surface area contributed by atoms with Crippen LogP contribution in [-0.4, -0.2) is 51.1 Å². The molecule has 0 spiro atoms. The number of rotatable bonds is 6. The second kappa shape index (κ2) is 7.12. The number of aromatic nitrogens is 4. The molecule has 2 rings (SSSR count). The molecule has 0 saturated heterocycles. The predicted molar refractivity (Wildman–Crippen MR) is 76.7 cm³/mol. The zero-order chi connectivity index (χ0) is 17.0. The fraction of sp³-hybridized carbons (Fsp3) is 0.429. The Labute approximate surface area is 131 Å². The molecule has 2 atom stereocenters. The van der Waals surface area contributed by atoms with Gasteiger partial charge in [0, 0.05) is 25.6 Å². The van der Waals surface area contributed by atoms with Crippen LogP contribution in [-0.2, 0) is 4.79 Å². The van der Waals surface area contributed by atoms with E-state index in [1.54, 1.807) is 14.0 Å². The minimum atomic E-state index is -1.03. The highest BCUT2D eigenvalue weighted by Gasteiger charge is 2.22. The summed E-state index contributed by atoms with van der Waals surface area (Å²) in [5, 5.41) is 13.6. The highest BCUT2D eigenvalue weighted by atomic mass is 19.2. The third-order valence-corrected chi connectivity index (χ3v) is 3.28. The van der Waals surface area contributed by atoms with Gasteiger partial charge in [-0.3, -0.25) is 4.79 Å². The van der Waals surface area contributed by atoms with Gasteiger partial charge in [-0.2, -0.15) is 5.21 Å². The molecule has 0 unspecified atom stereocenters. The van der Waals surface area contributed by atoms with Crippen LogP contribution < -0.4 is 4.74 Å². The van der Waals surface area contributed by atoms with E-state index in [0.717, 1.165) is 12.1 Å². The molecule has 1 aromatic heterocycles. The van der Waals surface area contributed by atoms with Crippen LogP contribution in [0.2, 0.25) is 0 Å². The number of tetrazole rings is 1. The smallest absolute Gasteiger partial charge is 0.263 e. The van der Waals surface area contributed by atoms with Gasteiger partial charge in [0.2, 0.25) is 0 Å². The number of hydrogen-bond donors (Lipinski definition) is 1. The Kier molecular flexibility index (Phi) is 5.20. The highest BCUT2D eigenvalue weighted by Crippen LogP contribution is 2.18. The lowest BCUT2D eigenvalue weighted by Crippen LogP contribution is -2.39. The molecule has 9 heteroatoms. The molecule has 124 valence electrons. The number of nitrogens with one attached hydrogen (secondary N) is 1. The number of halogens is 2. The van der Waals surface area contributed by atoms with E-state index in [2.05, 4.69) is 20.6 Å². The van der Waals surface area contributed by atoms with Crippen LogP contribution in [0.3, 0.4) is 0 Å². The second-order valence-electron chi connectivity index (χ2n) is 5.23. The summed E-state index contributed by atoms with van der Waals surface area (Å²) in [7, 11) is 1.62. The Bertz CT molecular complexity index is 665. The summed E-state index contributed by atoms with van der Waals surface area (Å²) in [4.78, 5) is 13.7. The molecule has 0 saturated carbocycles. The van der Waals surface area contributed by atoms with Gasteiger partial charge in [-0.15, -0.1) is 10.2 Å². The third-order valence-electron chi connectivity index (χ3n) is 3.28. The maximum Gasteiger partial charge on any atom is 0.263 e. The van der Waals surface area contributed by atoms with Gasteiger partial charge in [-0.1, -0.05) is 12.1 Å². The topological polar surface area (TPSA) is 84.0 Å². The Balaban J connectivity index is 1.94. The van der Waals surface area contributed by atoms with Gasteiger partial charge in [-0.05, 0) is 19.1 Å². The minimum absolute atomic E-state index is 0.0874. The first-order valence-corrected chi connectivity index (χ1v) is 6.98. The van der Waals surface area contributed by atoms with E-state index in [9.17, 15) is 13.6 Å². The molecule has 0 aliphatic heterocycles. The summed E-state index contributed by atoms with van der Waals surface area (Å²) in [5.74, 6) is -1.82. The molecule has 1 aromatic carbocycles. The van der Waals surface area contributed by atoms with Crippen LogP contribution in [0.15, 0.2) is 18.2 Å². The molecule has 1 heterocycles. The van der Waals surface area contributed by atoms with Gasteiger partial charge >= 0.3 is 0 Å². The number of nitrogens with zero attached hydrogens (tertiary/aromatic N) is 4. The number of aromatic amines is 1. The largest absolute Gasteiger partial charge is 0.481 e. The molecule has 1 amide bonds. The Morgan fingerprint density at radius 1 is 1.35 bits per heavy atom. The van der Waals surface area contributed by atoms with Crippen molar-refractivity contribution in [2.45, 2.75) is 25.9 Å². The molecule has 0 aliphatic carbocycles. The van der Waals surface area contributed by atoms with Gasteiger partial charge < -0.3 is 9.64 Å². The molecule has 7 nitrogen and oxygen atoms in total. The van der Waals surface area contributed by atoms with E-state index in [-0.39, 0.29) is 17.6 Å². The highest BCUT2D eigenvalue weighted by molar-refractivity contribution is 5.80. The Morgan fingerprint density at radius 3 is 2.70 bits per heavy atom. The van der Waals surface area contributed by atoms with E-state index in [4.69, 9.17) is 4.74 Å². The average Bonchev–Trinajstić information content (AvgIpc) is 3.04. The van der Waals surface area contributed by atoms with Crippen molar-refractivity contribution in [2.75, 3.05) is 13.6 Å². The maximum absolute atomic E-state index is 13.1. The lowest BCUT2D eigenvalue weighted by atomic mass is 10.1. The van der Waals surface area contributed by atoms with Gasteiger partial charge in [0.25, 0.3) is 5.91 Å². The van der Waals surface area contributed by atoms with Crippen LogP contribution in [0, 0.1) is 11.6 Å². The summed E-state index contributed by atoms with van der Waals surface area (Å²) in [5.41, 5.74) is 0. The zero-order valence-electron chi connectivity index (χ0n) is 13.0. The van der Waals surface area contributed by atoms with Gasteiger partial charge in [0.1, 0.15) is 5.75 Å². The fourth-order valence-electron chi connectivity index (χ4n) is 2.08. The molecule has 0 bridgehead atoms. The minimum Gasteiger partial charge on any atom is -0.481 e. The average molecular weight is 325 g/mol. The molecular weight excluding hydrogens is 308 g/mol. The van der Waals surface area contributed by atoms with Crippen molar-refractivity contribution in [1.82, 2.24) is 25.5 Å². The SMILES string of the molecule is C[C@H](Oc1ccc(F)c(F)c1)C(=O)N(C)C[C@H](C)c1nn[nH]n1. The number of carbonyl (C=O) groups is 1. The Morgan fingerprint density at radius 2 is 2.09 bits per heavy atom. The van der Waals surface area contributed by atoms with Crippen molar-refractivity contribution in [3.8, 4) is 5.75 Å². The predicted octanol–water partition coefficient (Wildman–Crippen LogP) is 1.51. The van der Waals surface area contributed by atoms with Crippen molar-refractivity contribution in [3.63, 3.8) is 0 Å². The number of carbonyl (C=O) groups excluding carboxylic acids is 1. The second-order valence-corrected chi connectivity index (χ2v) is 5.23. The van der Waals surface area contributed by atoms with Gasteiger partial charge in [0.15, 0.2) is 23.6 Å². The number of H-pyrrole nitrogens is 1. The summed E-state index contributed by atoms with van der Waals surface area (Å²) in [6.07, 6.45) is -0.845. The molecule has 0 fully saturated rings. The first-order valence-electron chi connectivity index (χ1n) is 6.98. The Hall–Kier alpha value is -2.58. The number of benzene rings is 1. The van der Waals surface area contributed by atoms with E-state index >= 15 is 0 Å². The number of ether oxygens (including phenoxy) is 1. The molecule has 1 N–H and O–H groups in total. The zero-order valence-corrected chi connectivity index (χ0v) is 13.0. The van der Waals surface area contributed by atoms with Gasteiger partial charge in [0.05, 0.1) is 0 Å². The monoisotopic (exact) mass is 325 g/mol. The first-order chi connectivity index (χ1) is 10.9.